The maximum Gasteiger partial charge on any atom is 0.288 e. The maximum atomic E-state index is 10.8. The number of likely N-dealkylation sites (tertiary alicyclic amines) is 1. The predicted octanol–water partition coefficient (Wildman–Crippen LogP) is 2.17. The standard InChI is InChI=1S/C12H16ClN3O2/c13-11-4-3-9(6-12(11)16(17)18)7-15-5-1-2-10(14)8-15/h3-4,6,10H,1-2,5,7-8,14H2. The number of hydrogen-bond donors (Lipinski definition) is 1. The van der Waals surface area contributed by atoms with E-state index in [2.05, 4.69) is 4.90 Å². The van der Waals surface area contributed by atoms with Crippen LogP contribution in [0.2, 0.25) is 5.02 Å². The summed E-state index contributed by atoms with van der Waals surface area (Å²) in [5, 5.41) is 11.0. The second-order valence-corrected chi connectivity index (χ2v) is 5.09. The summed E-state index contributed by atoms with van der Waals surface area (Å²) < 4.78 is 0. The molecule has 0 aliphatic carbocycles. The summed E-state index contributed by atoms with van der Waals surface area (Å²) >= 11 is 5.78. The SMILES string of the molecule is NC1CCCN(Cc2ccc(Cl)c([N+](=O)[O-])c2)C1. The molecule has 1 aliphatic heterocycles. The number of nitro groups is 1. The Kier molecular flexibility index (Phi) is 4.16. The lowest BCUT2D eigenvalue weighted by Crippen LogP contribution is -2.42. The molecule has 0 radical (unpaired) electrons. The first-order chi connectivity index (χ1) is 8.56. The molecule has 2 N–H and O–H groups in total. The van der Waals surface area contributed by atoms with Gasteiger partial charge in [0.25, 0.3) is 5.69 Å². The first-order valence-corrected chi connectivity index (χ1v) is 6.35. The molecule has 1 atom stereocenters. The summed E-state index contributed by atoms with van der Waals surface area (Å²) in [6.07, 6.45) is 2.13. The van der Waals surface area contributed by atoms with Crippen LogP contribution in [0.15, 0.2) is 18.2 Å². The van der Waals surface area contributed by atoms with Gasteiger partial charge in [-0.05, 0) is 31.0 Å². The second kappa shape index (κ2) is 5.65. The molecule has 1 saturated heterocycles. The van der Waals surface area contributed by atoms with Crippen LogP contribution < -0.4 is 5.73 Å². The molecule has 0 saturated carbocycles. The average Bonchev–Trinajstić information content (AvgIpc) is 2.31. The highest BCUT2D eigenvalue weighted by molar-refractivity contribution is 6.32. The van der Waals surface area contributed by atoms with E-state index in [1.54, 1.807) is 12.1 Å². The second-order valence-electron chi connectivity index (χ2n) is 4.68. The molecule has 1 unspecified atom stereocenters. The smallest absolute Gasteiger partial charge is 0.288 e. The van der Waals surface area contributed by atoms with Gasteiger partial charge in [0.05, 0.1) is 4.92 Å². The summed E-state index contributed by atoms with van der Waals surface area (Å²) in [7, 11) is 0. The molecule has 1 heterocycles. The van der Waals surface area contributed by atoms with Crippen molar-refractivity contribution >= 4 is 17.3 Å². The van der Waals surface area contributed by atoms with Crippen LogP contribution in [-0.4, -0.2) is 29.0 Å². The van der Waals surface area contributed by atoms with Gasteiger partial charge in [-0.2, -0.15) is 0 Å². The maximum absolute atomic E-state index is 10.8. The Balaban J connectivity index is 2.09. The van der Waals surface area contributed by atoms with Crippen LogP contribution >= 0.6 is 11.6 Å². The summed E-state index contributed by atoms with van der Waals surface area (Å²) in [6, 6.07) is 5.16. The molecule has 18 heavy (non-hydrogen) atoms. The number of nitro benzene ring substituents is 1. The summed E-state index contributed by atoms with van der Waals surface area (Å²) in [4.78, 5) is 12.6. The van der Waals surface area contributed by atoms with Gasteiger partial charge in [0.2, 0.25) is 0 Å². The van der Waals surface area contributed by atoms with Crippen LogP contribution in [0, 0.1) is 10.1 Å². The molecular formula is C12H16ClN3O2. The molecule has 6 heteroatoms. The molecule has 0 amide bonds. The zero-order valence-corrected chi connectivity index (χ0v) is 10.8. The molecule has 1 aromatic rings. The van der Waals surface area contributed by atoms with Gasteiger partial charge >= 0.3 is 0 Å². The average molecular weight is 270 g/mol. The molecule has 1 aliphatic rings. The fourth-order valence-corrected chi connectivity index (χ4v) is 2.48. The minimum absolute atomic E-state index is 0.0320. The lowest BCUT2D eigenvalue weighted by atomic mass is 10.1. The van der Waals surface area contributed by atoms with Gasteiger partial charge in [0.1, 0.15) is 5.02 Å². The van der Waals surface area contributed by atoms with Crippen molar-refractivity contribution in [2.24, 2.45) is 5.73 Å². The molecule has 0 aromatic heterocycles. The van der Waals surface area contributed by atoms with E-state index in [-0.39, 0.29) is 16.8 Å². The van der Waals surface area contributed by atoms with Gasteiger partial charge < -0.3 is 5.73 Å². The first-order valence-electron chi connectivity index (χ1n) is 5.97. The number of piperidine rings is 1. The molecule has 2 rings (SSSR count). The van der Waals surface area contributed by atoms with Crippen molar-refractivity contribution in [1.29, 1.82) is 0 Å². The predicted molar refractivity (Wildman–Crippen MR) is 70.6 cm³/mol. The van der Waals surface area contributed by atoms with Gasteiger partial charge in [0, 0.05) is 25.2 Å². The largest absolute Gasteiger partial charge is 0.327 e. The third-order valence-corrected chi connectivity index (χ3v) is 3.48. The van der Waals surface area contributed by atoms with E-state index in [0.29, 0.717) is 6.54 Å². The van der Waals surface area contributed by atoms with Crippen molar-refractivity contribution in [3.8, 4) is 0 Å². The summed E-state index contributed by atoms with van der Waals surface area (Å²) in [6.45, 7) is 2.52. The van der Waals surface area contributed by atoms with Gasteiger partial charge in [-0.25, -0.2) is 0 Å². The number of nitrogens with two attached hydrogens (primary N) is 1. The van der Waals surface area contributed by atoms with Crippen LogP contribution in [0.25, 0.3) is 0 Å². The molecule has 98 valence electrons. The number of rotatable bonds is 3. The van der Waals surface area contributed by atoms with Crippen molar-refractivity contribution in [2.45, 2.75) is 25.4 Å². The molecule has 1 fully saturated rings. The first kappa shape index (κ1) is 13.3. The third-order valence-electron chi connectivity index (χ3n) is 3.16. The Morgan fingerprint density at radius 3 is 3.00 bits per heavy atom. The topological polar surface area (TPSA) is 72.4 Å². The van der Waals surface area contributed by atoms with Crippen LogP contribution in [-0.2, 0) is 6.54 Å². The number of halogens is 1. The van der Waals surface area contributed by atoms with Crippen LogP contribution in [0.4, 0.5) is 5.69 Å². The lowest BCUT2D eigenvalue weighted by molar-refractivity contribution is -0.384. The fourth-order valence-electron chi connectivity index (χ4n) is 2.29. The normalized spacial score (nSPS) is 20.9. The monoisotopic (exact) mass is 269 g/mol. The van der Waals surface area contributed by atoms with Gasteiger partial charge in [0.15, 0.2) is 0 Å². The molecule has 5 nitrogen and oxygen atoms in total. The minimum Gasteiger partial charge on any atom is -0.327 e. The van der Waals surface area contributed by atoms with E-state index < -0.39 is 4.92 Å². The highest BCUT2D eigenvalue weighted by atomic mass is 35.5. The fraction of sp³-hybridized carbons (Fsp3) is 0.500. The molecule has 0 bridgehead atoms. The van der Waals surface area contributed by atoms with Gasteiger partial charge in [-0.15, -0.1) is 0 Å². The van der Waals surface area contributed by atoms with Gasteiger partial charge in [-0.3, -0.25) is 15.0 Å². The van der Waals surface area contributed by atoms with E-state index in [1.807, 2.05) is 6.07 Å². The van der Waals surface area contributed by atoms with Crippen molar-refractivity contribution < 1.29 is 4.92 Å². The van der Waals surface area contributed by atoms with E-state index in [9.17, 15) is 10.1 Å². The van der Waals surface area contributed by atoms with Crippen molar-refractivity contribution in [2.75, 3.05) is 13.1 Å². The van der Waals surface area contributed by atoms with Crippen LogP contribution in [0.5, 0.6) is 0 Å². The highest BCUT2D eigenvalue weighted by Crippen LogP contribution is 2.26. The Labute approximate surface area is 111 Å². The van der Waals surface area contributed by atoms with E-state index in [4.69, 9.17) is 17.3 Å². The van der Waals surface area contributed by atoms with E-state index >= 15 is 0 Å². The minimum atomic E-state index is -0.451. The highest BCUT2D eigenvalue weighted by Gasteiger charge is 2.18. The van der Waals surface area contributed by atoms with Crippen LogP contribution in [0.1, 0.15) is 18.4 Å². The van der Waals surface area contributed by atoms with Crippen LogP contribution in [0.3, 0.4) is 0 Å². The van der Waals surface area contributed by atoms with Crippen molar-refractivity contribution in [1.82, 2.24) is 4.90 Å². The van der Waals surface area contributed by atoms with Crippen molar-refractivity contribution in [3.05, 3.63) is 38.9 Å². The lowest BCUT2D eigenvalue weighted by Gasteiger charge is -2.30. The number of benzene rings is 1. The summed E-state index contributed by atoms with van der Waals surface area (Å²) in [5.41, 5.74) is 6.78. The Hall–Kier alpha value is -1.17. The zero-order valence-electron chi connectivity index (χ0n) is 10.0. The molecule has 1 aromatic carbocycles. The van der Waals surface area contributed by atoms with E-state index in [1.165, 1.54) is 0 Å². The Morgan fingerprint density at radius 1 is 1.56 bits per heavy atom. The number of nitrogens with zero attached hydrogens (tertiary/aromatic N) is 2. The quantitative estimate of drug-likeness (QED) is 0.674. The Morgan fingerprint density at radius 2 is 2.33 bits per heavy atom. The third kappa shape index (κ3) is 3.19. The van der Waals surface area contributed by atoms with Crippen molar-refractivity contribution in [3.63, 3.8) is 0 Å². The molecular weight excluding hydrogens is 254 g/mol. The Bertz CT molecular complexity index is 453. The molecule has 0 spiro atoms. The van der Waals surface area contributed by atoms with Gasteiger partial charge in [-0.1, -0.05) is 17.7 Å². The number of hydrogen-bond acceptors (Lipinski definition) is 4. The zero-order chi connectivity index (χ0) is 13.1. The summed E-state index contributed by atoms with van der Waals surface area (Å²) in [5.74, 6) is 0. The van der Waals surface area contributed by atoms with E-state index in [0.717, 1.165) is 31.5 Å².